The fourth-order valence-electron chi connectivity index (χ4n) is 3.04. The van der Waals surface area contributed by atoms with Crippen molar-refractivity contribution in [1.82, 2.24) is 4.90 Å². The Morgan fingerprint density at radius 3 is 2.39 bits per heavy atom. The number of ether oxygens (including phenoxy) is 1. The molecule has 0 spiro atoms. The Labute approximate surface area is 176 Å². The minimum absolute atomic E-state index is 0.0666. The van der Waals surface area contributed by atoms with Crippen LogP contribution in [0.4, 0.5) is 11.4 Å². The van der Waals surface area contributed by atoms with E-state index in [1.54, 1.807) is 42.2 Å². The Bertz CT molecular complexity index is 870. The summed E-state index contributed by atoms with van der Waals surface area (Å²) >= 11 is 9.31. The van der Waals surface area contributed by atoms with Gasteiger partial charge in [0, 0.05) is 49.0 Å². The van der Waals surface area contributed by atoms with E-state index in [0.29, 0.717) is 41.4 Å². The lowest BCUT2D eigenvalue weighted by molar-refractivity contribution is -0.384. The number of piperazine rings is 1. The molecule has 1 saturated heterocycles. The summed E-state index contributed by atoms with van der Waals surface area (Å²) in [6, 6.07) is 11.6. The topological polar surface area (TPSA) is 75.9 Å². The zero-order chi connectivity index (χ0) is 20.3. The van der Waals surface area contributed by atoms with Gasteiger partial charge in [-0.15, -0.1) is 0 Å². The number of non-ortho nitro benzene ring substituents is 1. The van der Waals surface area contributed by atoms with Gasteiger partial charge in [-0.25, -0.2) is 0 Å². The Balaban J connectivity index is 1.56. The third kappa shape index (κ3) is 4.74. The van der Waals surface area contributed by atoms with Crippen LogP contribution in [0, 0.1) is 10.1 Å². The molecule has 1 aliphatic rings. The van der Waals surface area contributed by atoms with E-state index in [1.807, 2.05) is 0 Å². The molecule has 2 aromatic rings. The first-order valence-corrected chi connectivity index (χ1v) is 9.92. The van der Waals surface area contributed by atoms with Crippen LogP contribution in [-0.4, -0.2) is 48.0 Å². The minimum atomic E-state index is -0.622. The van der Waals surface area contributed by atoms with E-state index in [9.17, 15) is 14.9 Å². The van der Waals surface area contributed by atoms with Crippen molar-refractivity contribution < 1.29 is 14.5 Å². The predicted octanol–water partition coefficient (Wildman–Crippen LogP) is 4.13. The molecule has 0 bridgehead atoms. The third-order valence-electron chi connectivity index (χ3n) is 4.56. The number of nitro benzene ring substituents is 1. The summed E-state index contributed by atoms with van der Waals surface area (Å²) < 4.78 is 6.48. The van der Waals surface area contributed by atoms with Crippen molar-refractivity contribution in [2.24, 2.45) is 0 Å². The molecule has 1 amide bonds. The normalized spacial score (nSPS) is 15.2. The number of amides is 1. The van der Waals surface area contributed by atoms with Gasteiger partial charge in [-0.1, -0.05) is 11.6 Å². The van der Waals surface area contributed by atoms with Gasteiger partial charge < -0.3 is 14.5 Å². The lowest BCUT2D eigenvalue weighted by atomic mass is 10.2. The van der Waals surface area contributed by atoms with Crippen molar-refractivity contribution in [3.05, 3.63) is 62.1 Å². The highest BCUT2D eigenvalue weighted by molar-refractivity contribution is 9.10. The standard InChI is InChI=1S/C19H19BrClN3O4/c1-13(28-18-7-2-14(21)12-17(18)20)19(25)23-10-8-22(9-11-23)15-3-5-16(6-4-15)24(26)27/h2-7,12-13H,8-11H2,1H3. The van der Waals surface area contributed by atoms with E-state index in [4.69, 9.17) is 16.3 Å². The molecule has 0 radical (unpaired) electrons. The zero-order valence-electron chi connectivity index (χ0n) is 15.2. The molecule has 0 N–H and O–H groups in total. The summed E-state index contributed by atoms with van der Waals surface area (Å²) in [6.07, 6.45) is -0.622. The Hall–Kier alpha value is -2.32. The summed E-state index contributed by atoms with van der Waals surface area (Å²) in [6.45, 7) is 4.16. The van der Waals surface area contributed by atoms with Crippen LogP contribution in [0.15, 0.2) is 46.9 Å². The summed E-state index contributed by atoms with van der Waals surface area (Å²) in [5.41, 5.74) is 0.976. The maximum atomic E-state index is 12.7. The molecule has 9 heteroatoms. The number of rotatable bonds is 5. The molecule has 148 valence electrons. The van der Waals surface area contributed by atoms with E-state index in [-0.39, 0.29) is 11.6 Å². The third-order valence-corrected chi connectivity index (χ3v) is 5.42. The number of halogens is 2. The van der Waals surface area contributed by atoms with Crippen LogP contribution in [0.5, 0.6) is 5.75 Å². The van der Waals surface area contributed by atoms with Crippen molar-refractivity contribution in [2.45, 2.75) is 13.0 Å². The van der Waals surface area contributed by atoms with Crippen molar-refractivity contribution in [3.8, 4) is 5.75 Å². The Kier molecular flexibility index (Phi) is 6.41. The van der Waals surface area contributed by atoms with E-state index in [1.165, 1.54) is 12.1 Å². The largest absolute Gasteiger partial charge is 0.480 e. The molecule has 3 rings (SSSR count). The zero-order valence-corrected chi connectivity index (χ0v) is 17.5. The monoisotopic (exact) mass is 467 g/mol. The smallest absolute Gasteiger partial charge is 0.269 e. The number of hydrogen-bond acceptors (Lipinski definition) is 5. The molecular weight excluding hydrogens is 450 g/mol. The van der Waals surface area contributed by atoms with E-state index >= 15 is 0 Å². The first-order chi connectivity index (χ1) is 13.3. The van der Waals surface area contributed by atoms with Crippen LogP contribution in [-0.2, 0) is 4.79 Å². The van der Waals surface area contributed by atoms with Gasteiger partial charge in [0.05, 0.1) is 9.40 Å². The molecule has 1 fully saturated rings. The van der Waals surface area contributed by atoms with Gasteiger partial charge in [0.15, 0.2) is 6.10 Å². The van der Waals surface area contributed by atoms with Crippen molar-refractivity contribution >= 4 is 44.8 Å². The maximum Gasteiger partial charge on any atom is 0.269 e. The van der Waals surface area contributed by atoms with Crippen LogP contribution in [0.2, 0.25) is 5.02 Å². The molecule has 1 atom stereocenters. The summed E-state index contributed by atoms with van der Waals surface area (Å²) in [5, 5.41) is 11.3. The highest BCUT2D eigenvalue weighted by Crippen LogP contribution is 2.29. The van der Waals surface area contributed by atoms with Gasteiger partial charge in [0.25, 0.3) is 11.6 Å². The molecular formula is C19H19BrClN3O4. The number of hydrogen-bond donors (Lipinski definition) is 0. The summed E-state index contributed by atoms with van der Waals surface area (Å²) in [5.74, 6) is 0.486. The van der Waals surface area contributed by atoms with Gasteiger partial charge in [0.2, 0.25) is 0 Å². The Morgan fingerprint density at radius 2 is 1.82 bits per heavy atom. The lowest BCUT2D eigenvalue weighted by Gasteiger charge is -2.37. The van der Waals surface area contributed by atoms with E-state index in [2.05, 4.69) is 20.8 Å². The fourth-order valence-corrected chi connectivity index (χ4v) is 3.82. The first-order valence-electron chi connectivity index (χ1n) is 8.75. The van der Waals surface area contributed by atoms with E-state index in [0.717, 1.165) is 5.69 Å². The van der Waals surface area contributed by atoms with E-state index < -0.39 is 11.0 Å². The fraction of sp³-hybridized carbons (Fsp3) is 0.316. The van der Waals surface area contributed by atoms with Gasteiger partial charge in [-0.3, -0.25) is 14.9 Å². The van der Waals surface area contributed by atoms with Crippen LogP contribution in [0.25, 0.3) is 0 Å². The number of nitro groups is 1. The van der Waals surface area contributed by atoms with Crippen molar-refractivity contribution in [2.75, 3.05) is 31.1 Å². The first kappa shape index (κ1) is 20.4. The molecule has 28 heavy (non-hydrogen) atoms. The van der Waals surface area contributed by atoms with Crippen molar-refractivity contribution in [1.29, 1.82) is 0 Å². The quantitative estimate of drug-likeness (QED) is 0.487. The number of anilines is 1. The number of carbonyl (C=O) groups is 1. The second-order valence-corrected chi connectivity index (χ2v) is 7.71. The number of benzene rings is 2. The van der Waals surface area contributed by atoms with Crippen LogP contribution < -0.4 is 9.64 Å². The van der Waals surface area contributed by atoms with Gasteiger partial charge >= 0.3 is 0 Å². The second kappa shape index (κ2) is 8.79. The maximum absolute atomic E-state index is 12.7. The van der Waals surface area contributed by atoms with Crippen LogP contribution in [0.1, 0.15) is 6.92 Å². The second-order valence-electron chi connectivity index (χ2n) is 6.42. The van der Waals surface area contributed by atoms with Crippen LogP contribution in [0.3, 0.4) is 0 Å². The molecule has 0 aliphatic carbocycles. The van der Waals surface area contributed by atoms with Gasteiger partial charge in [0.1, 0.15) is 5.75 Å². The Morgan fingerprint density at radius 1 is 1.18 bits per heavy atom. The molecule has 0 saturated carbocycles. The summed E-state index contributed by atoms with van der Waals surface area (Å²) in [7, 11) is 0. The molecule has 2 aromatic carbocycles. The van der Waals surface area contributed by atoms with Crippen LogP contribution >= 0.6 is 27.5 Å². The molecule has 1 heterocycles. The molecule has 1 aliphatic heterocycles. The lowest BCUT2D eigenvalue weighted by Crippen LogP contribution is -2.52. The average molecular weight is 469 g/mol. The van der Waals surface area contributed by atoms with Gasteiger partial charge in [-0.05, 0) is 53.2 Å². The number of nitrogens with zero attached hydrogens (tertiary/aromatic N) is 3. The average Bonchev–Trinajstić information content (AvgIpc) is 2.69. The highest BCUT2D eigenvalue weighted by atomic mass is 79.9. The molecule has 7 nitrogen and oxygen atoms in total. The predicted molar refractivity (Wildman–Crippen MR) is 111 cm³/mol. The summed E-state index contributed by atoms with van der Waals surface area (Å²) in [4.78, 5) is 26.9. The van der Waals surface area contributed by atoms with Crippen molar-refractivity contribution in [3.63, 3.8) is 0 Å². The minimum Gasteiger partial charge on any atom is -0.480 e. The highest BCUT2D eigenvalue weighted by Gasteiger charge is 2.26. The number of carbonyl (C=O) groups excluding carboxylic acids is 1. The SMILES string of the molecule is CC(Oc1ccc(Cl)cc1Br)C(=O)N1CCN(c2ccc([N+](=O)[O-])cc2)CC1. The molecule has 0 aromatic heterocycles. The molecule has 1 unspecified atom stereocenters. The van der Waals surface area contributed by atoms with Gasteiger partial charge in [-0.2, -0.15) is 0 Å².